The van der Waals surface area contributed by atoms with E-state index >= 15 is 0 Å². The maximum atomic E-state index is 9.31. The van der Waals surface area contributed by atoms with Crippen LogP contribution in [0.4, 0.5) is 28.4 Å². The van der Waals surface area contributed by atoms with Crippen LogP contribution >= 0.6 is 0 Å². The highest BCUT2D eigenvalue weighted by Gasteiger charge is 2.15. The summed E-state index contributed by atoms with van der Waals surface area (Å²) >= 11 is 0. The van der Waals surface area contributed by atoms with Crippen LogP contribution in [0.3, 0.4) is 0 Å². The summed E-state index contributed by atoms with van der Waals surface area (Å²) in [6.07, 6.45) is 0. The predicted octanol–water partition coefficient (Wildman–Crippen LogP) is 9.62. The Balaban J connectivity index is 1.43. The van der Waals surface area contributed by atoms with Crippen LogP contribution in [0.2, 0.25) is 0 Å². The highest BCUT2D eigenvalue weighted by molar-refractivity contribution is 5.90. The van der Waals surface area contributed by atoms with Crippen molar-refractivity contribution in [2.75, 3.05) is 16.8 Å². The van der Waals surface area contributed by atoms with Crippen LogP contribution < -0.4 is 9.80 Å². The average Bonchev–Trinajstić information content (AvgIpc) is 3.02. The number of nitrogens with zero attached hydrogens (tertiary/aromatic N) is 3. The third kappa shape index (κ3) is 4.97. The normalized spacial score (nSPS) is 10.7. The number of hydrogen-bond donors (Lipinski definition) is 0. The highest BCUT2D eigenvalue weighted by atomic mass is 15.1. The topological polar surface area (TPSA) is 30.3 Å². The van der Waals surface area contributed by atoms with E-state index in [-0.39, 0.29) is 0 Å². The van der Waals surface area contributed by atoms with E-state index in [0.717, 1.165) is 28.4 Å². The van der Waals surface area contributed by atoms with Crippen molar-refractivity contribution in [2.24, 2.45) is 0 Å². The van der Waals surface area contributed by atoms with Crippen LogP contribution in [-0.4, -0.2) is 7.05 Å². The molecule has 0 saturated carbocycles. The molecule has 0 atom stereocenters. The summed E-state index contributed by atoms with van der Waals surface area (Å²) in [7, 11) is 2.02. The average molecular weight is 502 g/mol. The zero-order chi connectivity index (χ0) is 26.6. The minimum Gasteiger partial charge on any atom is -0.345 e. The van der Waals surface area contributed by atoms with Crippen LogP contribution in [-0.2, 0) is 0 Å². The monoisotopic (exact) mass is 501 g/mol. The summed E-state index contributed by atoms with van der Waals surface area (Å²) < 4.78 is 0. The largest absolute Gasteiger partial charge is 0.345 e. The number of fused-ring (bicyclic) bond motifs is 1. The van der Waals surface area contributed by atoms with Crippen molar-refractivity contribution in [1.29, 1.82) is 5.26 Å². The lowest BCUT2D eigenvalue weighted by Crippen LogP contribution is -2.12. The van der Waals surface area contributed by atoms with Gasteiger partial charge in [0.1, 0.15) is 0 Å². The number of benzene rings is 6. The Hall–Kier alpha value is -5.33. The van der Waals surface area contributed by atoms with Gasteiger partial charge in [0.25, 0.3) is 0 Å². The molecular formula is C36H27N3. The lowest BCUT2D eigenvalue weighted by atomic mass is 10.0. The Kier molecular flexibility index (Phi) is 6.52. The smallest absolute Gasteiger partial charge is 0.0992 e. The Morgan fingerprint density at radius 1 is 0.462 bits per heavy atom. The molecule has 0 amide bonds. The first-order valence-electron chi connectivity index (χ1n) is 13.0. The molecule has 39 heavy (non-hydrogen) atoms. The van der Waals surface area contributed by atoms with E-state index in [1.54, 1.807) is 0 Å². The molecule has 0 fully saturated rings. The van der Waals surface area contributed by atoms with E-state index in [1.165, 1.54) is 21.9 Å². The fourth-order valence-electron chi connectivity index (χ4n) is 4.98. The van der Waals surface area contributed by atoms with Crippen molar-refractivity contribution in [3.63, 3.8) is 0 Å². The number of nitriles is 1. The quantitative estimate of drug-likeness (QED) is 0.228. The van der Waals surface area contributed by atoms with Crippen molar-refractivity contribution in [3.8, 4) is 17.2 Å². The zero-order valence-corrected chi connectivity index (χ0v) is 21.7. The van der Waals surface area contributed by atoms with E-state index in [4.69, 9.17) is 0 Å². The van der Waals surface area contributed by atoms with Gasteiger partial charge in [-0.25, -0.2) is 0 Å². The summed E-state index contributed by atoms with van der Waals surface area (Å²) in [5, 5.41) is 11.7. The standard InChI is InChI=1S/C36H27N3/c1-38(34-15-7-9-27(23-34)26-37)32-19-21-33(22-20-32)39(36-18-17-29-12-5-6-13-30(29)25-36)35-16-8-14-31(24-35)28-10-3-2-4-11-28/h2-25H,1H3. The molecule has 0 aromatic heterocycles. The zero-order valence-electron chi connectivity index (χ0n) is 21.7. The molecule has 0 N–H and O–H groups in total. The van der Waals surface area contributed by atoms with Crippen LogP contribution in [0.5, 0.6) is 0 Å². The first-order valence-corrected chi connectivity index (χ1v) is 13.0. The Morgan fingerprint density at radius 2 is 1.08 bits per heavy atom. The molecule has 3 nitrogen and oxygen atoms in total. The molecule has 0 saturated heterocycles. The van der Waals surface area contributed by atoms with E-state index in [0.29, 0.717) is 5.56 Å². The molecule has 186 valence electrons. The molecule has 0 aliphatic rings. The fraction of sp³-hybridized carbons (Fsp3) is 0.0278. The molecule has 0 unspecified atom stereocenters. The van der Waals surface area contributed by atoms with Gasteiger partial charge >= 0.3 is 0 Å². The number of rotatable bonds is 6. The maximum Gasteiger partial charge on any atom is 0.0992 e. The third-order valence-electron chi connectivity index (χ3n) is 7.06. The van der Waals surface area contributed by atoms with Gasteiger partial charge in [0, 0.05) is 35.5 Å². The Morgan fingerprint density at radius 3 is 1.87 bits per heavy atom. The summed E-state index contributed by atoms with van der Waals surface area (Å²) in [6, 6.07) is 52.7. The van der Waals surface area contributed by atoms with Gasteiger partial charge in [0.2, 0.25) is 0 Å². The summed E-state index contributed by atoms with van der Waals surface area (Å²) in [4.78, 5) is 4.40. The molecule has 0 heterocycles. The number of hydrogen-bond acceptors (Lipinski definition) is 3. The van der Waals surface area contributed by atoms with Gasteiger partial charge in [0.15, 0.2) is 0 Å². The second-order valence-corrected chi connectivity index (χ2v) is 9.52. The lowest BCUT2D eigenvalue weighted by Gasteiger charge is -2.27. The minimum atomic E-state index is 0.650. The van der Waals surface area contributed by atoms with E-state index in [2.05, 4.69) is 131 Å². The molecule has 6 rings (SSSR count). The van der Waals surface area contributed by atoms with Gasteiger partial charge in [-0.3, -0.25) is 0 Å². The van der Waals surface area contributed by atoms with Gasteiger partial charge in [-0.1, -0.05) is 78.9 Å². The van der Waals surface area contributed by atoms with Crippen LogP contribution in [0.15, 0.2) is 146 Å². The second kappa shape index (κ2) is 10.6. The van der Waals surface area contributed by atoms with Gasteiger partial charge in [0.05, 0.1) is 11.6 Å². The van der Waals surface area contributed by atoms with Crippen molar-refractivity contribution < 1.29 is 0 Å². The predicted molar refractivity (Wildman–Crippen MR) is 163 cm³/mol. The summed E-state index contributed by atoms with van der Waals surface area (Å²) in [6.45, 7) is 0. The van der Waals surface area contributed by atoms with Crippen LogP contribution in [0.25, 0.3) is 21.9 Å². The Bertz CT molecular complexity index is 1780. The van der Waals surface area contributed by atoms with Crippen LogP contribution in [0, 0.1) is 11.3 Å². The van der Waals surface area contributed by atoms with E-state index in [9.17, 15) is 5.26 Å². The van der Waals surface area contributed by atoms with E-state index in [1.807, 2.05) is 37.4 Å². The summed E-state index contributed by atoms with van der Waals surface area (Å²) in [5.74, 6) is 0. The first-order chi connectivity index (χ1) is 19.2. The highest BCUT2D eigenvalue weighted by Crippen LogP contribution is 2.38. The SMILES string of the molecule is CN(c1ccc(N(c2cccc(-c3ccccc3)c2)c2ccc3ccccc3c2)cc1)c1cccc(C#N)c1. The Labute approximate surface area is 229 Å². The van der Waals surface area contributed by atoms with Gasteiger partial charge in [-0.15, -0.1) is 0 Å². The molecular weight excluding hydrogens is 474 g/mol. The first kappa shape index (κ1) is 24.0. The van der Waals surface area contributed by atoms with Gasteiger partial charge in [-0.05, 0) is 88.6 Å². The molecule has 0 radical (unpaired) electrons. The molecule has 0 spiro atoms. The van der Waals surface area contributed by atoms with Crippen LogP contribution in [0.1, 0.15) is 5.56 Å². The van der Waals surface area contributed by atoms with E-state index < -0.39 is 0 Å². The molecule has 6 aromatic rings. The lowest BCUT2D eigenvalue weighted by molar-refractivity contribution is 1.20. The fourth-order valence-corrected chi connectivity index (χ4v) is 4.98. The van der Waals surface area contributed by atoms with Crippen molar-refractivity contribution >= 4 is 39.2 Å². The van der Waals surface area contributed by atoms with Gasteiger partial charge < -0.3 is 9.80 Å². The molecule has 0 aliphatic carbocycles. The third-order valence-corrected chi connectivity index (χ3v) is 7.06. The minimum absolute atomic E-state index is 0.650. The molecule has 0 aliphatic heterocycles. The summed E-state index contributed by atoms with van der Waals surface area (Å²) in [5.41, 5.74) is 8.29. The molecule has 3 heteroatoms. The number of anilines is 5. The van der Waals surface area contributed by atoms with Crippen molar-refractivity contribution in [1.82, 2.24) is 0 Å². The molecule has 6 aromatic carbocycles. The van der Waals surface area contributed by atoms with Crippen molar-refractivity contribution in [3.05, 3.63) is 151 Å². The second-order valence-electron chi connectivity index (χ2n) is 9.52. The van der Waals surface area contributed by atoms with Crippen molar-refractivity contribution in [2.45, 2.75) is 0 Å². The molecule has 0 bridgehead atoms. The maximum absolute atomic E-state index is 9.31. The van der Waals surface area contributed by atoms with Gasteiger partial charge in [-0.2, -0.15) is 5.26 Å².